The third-order valence-corrected chi connectivity index (χ3v) is 8.84. The molecule has 1 aromatic heterocycles. The first-order valence-electron chi connectivity index (χ1n) is 10.4. The number of hydrogen-bond donors (Lipinski definition) is 0. The minimum absolute atomic E-state index is 0.176. The van der Waals surface area contributed by atoms with E-state index in [9.17, 15) is 13.2 Å². The van der Waals surface area contributed by atoms with Crippen LogP contribution in [0.15, 0.2) is 35.7 Å². The highest BCUT2D eigenvalue weighted by Crippen LogP contribution is 2.33. The van der Waals surface area contributed by atoms with E-state index < -0.39 is 10.0 Å². The van der Waals surface area contributed by atoms with Gasteiger partial charge in [-0.1, -0.05) is 12.1 Å². The van der Waals surface area contributed by atoms with Gasteiger partial charge in [0.15, 0.2) is 5.13 Å². The lowest BCUT2D eigenvalue weighted by molar-refractivity contribution is 0.0989. The number of thiazole rings is 1. The SMILES string of the molecule is C=CCN(C(=O)c1cc(S(=O)(=O)N2CCCC2)ccc1C)c1nc2c(s1)CCCC2. The summed E-state index contributed by atoms with van der Waals surface area (Å²) in [6.45, 7) is 7.02. The topological polar surface area (TPSA) is 70.6 Å². The number of anilines is 1. The van der Waals surface area contributed by atoms with E-state index in [0.717, 1.165) is 49.8 Å². The Morgan fingerprint density at radius 3 is 2.67 bits per heavy atom. The molecule has 2 aromatic rings. The summed E-state index contributed by atoms with van der Waals surface area (Å²) < 4.78 is 27.5. The van der Waals surface area contributed by atoms with Crippen LogP contribution in [0.5, 0.6) is 0 Å². The van der Waals surface area contributed by atoms with E-state index in [-0.39, 0.29) is 10.8 Å². The number of nitrogens with zero attached hydrogens (tertiary/aromatic N) is 3. The molecule has 2 aliphatic rings. The molecule has 0 radical (unpaired) electrons. The van der Waals surface area contributed by atoms with Crippen molar-refractivity contribution in [2.75, 3.05) is 24.5 Å². The normalized spacial score (nSPS) is 17.0. The summed E-state index contributed by atoms with van der Waals surface area (Å²) in [7, 11) is -3.59. The Hall–Kier alpha value is -2.03. The third kappa shape index (κ3) is 3.96. The van der Waals surface area contributed by atoms with Gasteiger partial charge in [0.05, 0.1) is 10.6 Å². The molecule has 0 spiro atoms. The van der Waals surface area contributed by atoms with Crippen LogP contribution in [0, 0.1) is 6.92 Å². The van der Waals surface area contributed by atoms with Gasteiger partial charge in [0.1, 0.15) is 0 Å². The molecule has 0 unspecified atom stereocenters. The van der Waals surface area contributed by atoms with Gasteiger partial charge >= 0.3 is 0 Å². The van der Waals surface area contributed by atoms with Crippen molar-refractivity contribution in [3.63, 3.8) is 0 Å². The maximum absolute atomic E-state index is 13.5. The van der Waals surface area contributed by atoms with Gasteiger partial charge in [-0.05, 0) is 63.1 Å². The molecule has 2 heterocycles. The molecule has 1 aliphatic heterocycles. The van der Waals surface area contributed by atoms with Gasteiger partial charge < -0.3 is 0 Å². The van der Waals surface area contributed by atoms with Gasteiger partial charge in [0.25, 0.3) is 5.91 Å². The van der Waals surface area contributed by atoms with E-state index in [2.05, 4.69) is 6.58 Å². The third-order valence-electron chi connectivity index (χ3n) is 5.76. The average Bonchev–Trinajstić information content (AvgIpc) is 3.41. The van der Waals surface area contributed by atoms with Crippen LogP contribution in [0.4, 0.5) is 5.13 Å². The van der Waals surface area contributed by atoms with Crippen LogP contribution in [0.1, 0.15) is 52.2 Å². The molecule has 6 nitrogen and oxygen atoms in total. The second-order valence-electron chi connectivity index (χ2n) is 7.87. The van der Waals surface area contributed by atoms with Gasteiger partial charge in [-0.15, -0.1) is 17.9 Å². The van der Waals surface area contributed by atoms with Crippen molar-refractivity contribution in [1.29, 1.82) is 0 Å². The van der Waals surface area contributed by atoms with E-state index in [1.54, 1.807) is 34.4 Å². The Morgan fingerprint density at radius 1 is 1.23 bits per heavy atom. The number of benzene rings is 1. The number of aromatic nitrogens is 1. The molecule has 1 aliphatic carbocycles. The van der Waals surface area contributed by atoms with Gasteiger partial charge in [0, 0.05) is 30.1 Å². The lowest BCUT2D eigenvalue weighted by Crippen LogP contribution is -2.32. The van der Waals surface area contributed by atoms with Crippen molar-refractivity contribution < 1.29 is 13.2 Å². The van der Waals surface area contributed by atoms with E-state index in [1.165, 1.54) is 15.2 Å². The van der Waals surface area contributed by atoms with Crippen molar-refractivity contribution in [2.45, 2.75) is 50.3 Å². The van der Waals surface area contributed by atoms with Crippen LogP contribution in [-0.4, -0.2) is 43.2 Å². The molecule has 4 rings (SSSR count). The van der Waals surface area contributed by atoms with Gasteiger partial charge in [0.2, 0.25) is 10.0 Å². The summed E-state index contributed by atoms with van der Waals surface area (Å²) in [6.07, 6.45) is 7.66. The molecule has 1 aromatic carbocycles. The Kier molecular flexibility index (Phi) is 6.09. The molecule has 0 atom stereocenters. The van der Waals surface area contributed by atoms with Gasteiger partial charge in [-0.25, -0.2) is 13.4 Å². The molecule has 1 fully saturated rings. The highest BCUT2D eigenvalue weighted by Gasteiger charge is 2.30. The second kappa shape index (κ2) is 8.61. The minimum atomic E-state index is -3.59. The number of fused-ring (bicyclic) bond motifs is 1. The lowest BCUT2D eigenvalue weighted by atomic mass is 10.0. The van der Waals surface area contributed by atoms with Crippen LogP contribution in [0.3, 0.4) is 0 Å². The molecule has 0 N–H and O–H groups in total. The summed E-state index contributed by atoms with van der Waals surface area (Å²) in [6, 6.07) is 4.84. The van der Waals surface area contributed by atoms with Crippen LogP contribution in [0.2, 0.25) is 0 Å². The zero-order chi connectivity index (χ0) is 21.3. The number of carbonyl (C=O) groups is 1. The number of aryl methyl sites for hydroxylation is 3. The first-order chi connectivity index (χ1) is 14.4. The molecule has 160 valence electrons. The predicted molar refractivity (Wildman–Crippen MR) is 120 cm³/mol. The fraction of sp³-hybridized carbons (Fsp3) is 0.455. The molecular weight excluding hydrogens is 418 g/mol. The highest BCUT2D eigenvalue weighted by molar-refractivity contribution is 7.89. The number of hydrogen-bond acceptors (Lipinski definition) is 5. The first kappa shape index (κ1) is 21.2. The number of rotatable bonds is 6. The fourth-order valence-electron chi connectivity index (χ4n) is 4.05. The summed E-state index contributed by atoms with van der Waals surface area (Å²) >= 11 is 1.56. The zero-order valence-electron chi connectivity index (χ0n) is 17.3. The second-order valence-corrected chi connectivity index (χ2v) is 10.9. The summed E-state index contributed by atoms with van der Waals surface area (Å²) in [5, 5.41) is 0.666. The Labute approximate surface area is 182 Å². The minimum Gasteiger partial charge on any atom is -0.280 e. The van der Waals surface area contributed by atoms with Crippen LogP contribution >= 0.6 is 11.3 Å². The average molecular weight is 446 g/mol. The van der Waals surface area contributed by atoms with Crippen molar-refractivity contribution in [3.8, 4) is 0 Å². The van der Waals surface area contributed by atoms with Crippen molar-refractivity contribution in [3.05, 3.63) is 52.6 Å². The molecule has 1 saturated heterocycles. The Morgan fingerprint density at radius 2 is 1.97 bits per heavy atom. The summed E-state index contributed by atoms with van der Waals surface area (Å²) in [5.41, 5.74) is 2.23. The molecular formula is C22H27N3O3S2. The van der Waals surface area contributed by atoms with E-state index in [0.29, 0.717) is 30.3 Å². The molecule has 30 heavy (non-hydrogen) atoms. The van der Waals surface area contributed by atoms with Gasteiger partial charge in [-0.2, -0.15) is 4.31 Å². The lowest BCUT2D eigenvalue weighted by Gasteiger charge is -2.21. The van der Waals surface area contributed by atoms with Crippen molar-refractivity contribution >= 4 is 32.4 Å². The molecule has 1 amide bonds. The quantitative estimate of drug-likeness (QED) is 0.632. The number of sulfonamides is 1. The van der Waals surface area contributed by atoms with Crippen molar-refractivity contribution in [1.82, 2.24) is 9.29 Å². The largest absolute Gasteiger partial charge is 0.280 e. The summed E-state index contributed by atoms with van der Waals surface area (Å²) in [5.74, 6) is -0.239. The predicted octanol–water partition coefficient (Wildman–Crippen LogP) is 3.95. The Balaban J connectivity index is 1.69. The highest BCUT2D eigenvalue weighted by atomic mass is 32.2. The van der Waals surface area contributed by atoms with E-state index >= 15 is 0 Å². The maximum Gasteiger partial charge on any atom is 0.260 e. The van der Waals surface area contributed by atoms with Crippen LogP contribution in [-0.2, 0) is 22.9 Å². The molecule has 8 heteroatoms. The number of amides is 1. The zero-order valence-corrected chi connectivity index (χ0v) is 18.9. The van der Waals surface area contributed by atoms with Crippen LogP contribution in [0.25, 0.3) is 0 Å². The number of carbonyl (C=O) groups excluding carboxylic acids is 1. The van der Waals surface area contributed by atoms with Crippen LogP contribution < -0.4 is 4.90 Å². The first-order valence-corrected chi connectivity index (χ1v) is 12.7. The fourth-order valence-corrected chi connectivity index (χ4v) is 6.75. The molecule has 0 saturated carbocycles. The standard InChI is InChI=1S/C22H27N3O3S2/c1-3-12-25(22-23-19-8-4-5-9-20(19)29-22)21(26)18-15-17(11-10-16(18)2)30(27,28)24-13-6-7-14-24/h3,10-11,15H,1,4-9,12-14H2,2H3. The van der Waals surface area contributed by atoms with E-state index in [1.807, 2.05) is 6.92 Å². The van der Waals surface area contributed by atoms with Gasteiger partial charge in [-0.3, -0.25) is 9.69 Å². The maximum atomic E-state index is 13.5. The molecule has 0 bridgehead atoms. The monoisotopic (exact) mass is 445 g/mol. The summed E-state index contributed by atoms with van der Waals surface area (Å²) in [4.78, 5) is 21.3. The van der Waals surface area contributed by atoms with Crippen molar-refractivity contribution in [2.24, 2.45) is 0 Å². The van der Waals surface area contributed by atoms with E-state index in [4.69, 9.17) is 4.98 Å². The smallest absolute Gasteiger partial charge is 0.260 e. The Bertz CT molecular complexity index is 1050.